The summed E-state index contributed by atoms with van der Waals surface area (Å²) >= 11 is 2.93. The maximum absolute atomic E-state index is 13.0. The molecule has 21 heavy (non-hydrogen) atoms. The predicted octanol–water partition coefficient (Wildman–Crippen LogP) is 4.31. The minimum atomic E-state index is -0.366. The average molecular weight is 324 g/mol. The third-order valence-electron chi connectivity index (χ3n) is 2.69. The molecule has 0 atom stereocenters. The molecule has 0 bridgehead atoms. The molecule has 0 fully saturated rings. The first kappa shape index (κ1) is 16.0. The minimum absolute atomic E-state index is 0.0130. The van der Waals surface area contributed by atoms with Gasteiger partial charge in [0, 0.05) is 16.5 Å². The summed E-state index contributed by atoms with van der Waals surface area (Å²) in [6.45, 7) is 6.31. The highest BCUT2D eigenvalue weighted by Crippen LogP contribution is 2.29. The van der Waals surface area contributed by atoms with Crippen molar-refractivity contribution in [3.05, 3.63) is 41.2 Å². The van der Waals surface area contributed by atoms with Gasteiger partial charge in [-0.25, -0.2) is 9.37 Å². The van der Waals surface area contributed by atoms with Gasteiger partial charge in [0.2, 0.25) is 5.91 Å². The summed E-state index contributed by atoms with van der Waals surface area (Å²) in [7, 11) is 0. The fourth-order valence-electron chi connectivity index (χ4n) is 1.56. The molecule has 0 saturated heterocycles. The van der Waals surface area contributed by atoms with Gasteiger partial charge in [-0.15, -0.1) is 11.3 Å². The Balaban J connectivity index is 1.88. The topological polar surface area (TPSA) is 42.0 Å². The second kappa shape index (κ2) is 6.58. The number of rotatable bonds is 4. The van der Waals surface area contributed by atoms with Crippen LogP contribution in [0.4, 0.5) is 10.1 Å². The summed E-state index contributed by atoms with van der Waals surface area (Å²) in [5, 5.41) is 4.69. The van der Waals surface area contributed by atoms with E-state index in [9.17, 15) is 9.18 Å². The van der Waals surface area contributed by atoms with Gasteiger partial charge in [0.05, 0.1) is 11.4 Å². The summed E-state index contributed by atoms with van der Waals surface area (Å²) in [6.07, 6.45) is 0. The van der Waals surface area contributed by atoms with Crippen LogP contribution in [0.5, 0.6) is 0 Å². The molecule has 0 spiro atoms. The van der Waals surface area contributed by atoms with Crippen LogP contribution in [0.3, 0.4) is 0 Å². The molecule has 112 valence electrons. The number of amides is 1. The first-order chi connectivity index (χ1) is 9.84. The Morgan fingerprint density at radius 1 is 1.43 bits per heavy atom. The SMILES string of the molecule is CC(C)(C)c1csc(SCC(=O)Nc2cccc(F)c2)n1. The van der Waals surface area contributed by atoms with Gasteiger partial charge < -0.3 is 5.32 Å². The van der Waals surface area contributed by atoms with Crippen molar-refractivity contribution >= 4 is 34.7 Å². The second-order valence-corrected chi connectivity index (χ2v) is 7.68. The number of thiazole rings is 1. The minimum Gasteiger partial charge on any atom is -0.325 e. The molecular weight excluding hydrogens is 307 g/mol. The van der Waals surface area contributed by atoms with E-state index in [-0.39, 0.29) is 22.9 Å². The Labute approximate surface area is 132 Å². The number of hydrogen-bond donors (Lipinski definition) is 1. The number of halogens is 1. The van der Waals surface area contributed by atoms with Crippen LogP contribution < -0.4 is 5.32 Å². The second-order valence-electron chi connectivity index (χ2n) is 5.60. The van der Waals surface area contributed by atoms with Gasteiger partial charge >= 0.3 is 0 Å². The first-order valence-corrected chi connectivity index (χ1v) is 8.35. The number of nitrogens with one attached hydrogen (secondary N) is 1. The lowest BCUT2D eigenvalue weighted by Crippen LogP contribution is -2.14. The van der Waals surface area contributed by atoms with E-state index < -0.39 is 0 Å². The zero-order valence-corrected chi connectivity index (χ0v) is 13.8. The molecule has 2 aromatic rings. The number of anilines is 1. The van der Waals surface area contributed by atoms with Crippen molar-refractivity contribution < 1.29 is 9.18 Å². The Morgan fingerprint density at radius 3 is 2.81 bits per heavy atom. The van der Waals surface area contributed by atoms with Gasteiger partial charge in [-0.2, -0.15) is 0 Å². The van der Waals surface area contributed by atoms with Crippen molar-refractivity contribution in [3.63, 3.8) is 0 Å². The normalized spacial score (nSPS) is 11.4. The van der Waals surface area contributed by atoms with E-state index in [0.29, 0.717) is 5.69 Å². The highest BCUT2D eigenvalue weighted by Gasteiger charge is 2.17. The van der Waals surface area contributed by atoms with Crippen LogP contribution in [0.2, 0.25) is 0 Å². The van der Waals surface area contributed by atoms with Crippen LogP contribution >= 0.6 is 23.1 Å². The van der Waals surface area contributed by atoms with Gasteiger partial charge in [0.15, 0.2) is 4.34 Å². The van der Waals surface area contributed by atoms with Crippen molar-refractivity contribution in [3.8, 4) is 0 Å². The third kappa shape index (κ3) is 4.82. The van der Waals surface area contributed by atoms with E-state index in [1.165, 1.54) is 35.2 Å². The summed E-state index contributed by atoms with van der Waals surface area (Å²) in [5.41, 5.74) is 1.51. The van der Waals surface area contributed by atoms with E-state index in [0.717, 1.165) is 10.0 Å². The predicted molar refractivity (Wildman–Crippen MR) is 86.6 cm³/mol. The number of carbonyl (C=O) groups excluding carboxylic acids is 1. The molecule has 0 saturated carbocycles. The fourth-order valence-corrected chi connectivity index (χ4v) is 3.41. The van der Waals surface area contributed by atoms with Crippen LogP contribution in [-0.4, -0.2) is 16.6 Å². The maximum atomic E-state index is 13.0. The lowest BCUT2D eigenvalue weighted by molar-refractivity contribution is -0.113. The van der Waals surface area contributed by atoms with E-state index >= 15 is 0 Å². The highest BCUT2D eigenvalue weighted by molar-refractivity contribution is 8.01. The molecule has 0 aliphatic carbocycles. The average Bonchev–Trinajstić information content (AvgIpc) is 2.85. The number of thioether (sulfide) groups is 1. The van der Waals surface area contributed by atoms with Crippen molar-refractivity contribution in [2.75, 3.05) is 11.1 Å². The summed E-state index contributed by atoms with van der Waals surface area (Å²) in [5.74, 6) is -0.276. The number of hydrogen-bond acceptors (Lipinski definition) is 4. The molecule has 1 N–H and O–H groups in total. The lowest BCUT2D eigenvalue weighted by atomic mass is 9.93. The van der Waals surface area contributed by atoms with E-state index in [1.807, 2.05) is 5.38 Å². The Morgan fingerprint density at radius 2 is 2.19 bits per heavy atom. The molecule has 0 radical (unpaired) electrons. The van der Waals surface area contributed by atoms with Crippen LogP contribution in [0.25, 0.3) is 0 Å². The van der Waals surface area contributed by atoms with Gasteiger partial charge in [0.25, 0.3) is 0 Å². The van der Waals surface area contributed by atoms with Gasteiger partial charge in [0.1, 0.15) is 5.82 Å². The number of nitrogens with zero attached hydrogens (tertiary/aromatic N) is 1. The zero-order valence-electron chi connectivity index (χ0n) is 12.1. The number of carbonyl (C=O) groups is 1. The van der Waals surface area contributed by atoms with Crippen LogP contribution in [0, 0.1) is 5.82 Å². The molecule has 1 heterocycles. The van der Waals surface area contributed by atoms with Crippen LogP contribution in [0.15, 0.2) is 34.0 Å². The molecule has 0 unspecified atom stereocenters. The highest BCUT2D eigenvalue weighted by atomic mass is 32.2. The largest absolute Gasteiger partial charge is 0.325 e. The van der Waals surface area contributed by atoms with Crippen molar-refractivity contribution in [2.24, 2.45) is 0 Å². The number of benzene rings is 1. The number of aromatic nitrogens is 1. The first-order valence-electron chi connectivity index (χ1n) is 6.49. The van der Waals surface area contributed by atoms with Crippen LogP contribution in [-0.2, 0) is 10.2 Å². The molecule has 6 heteroatoms. The van der Waals surface area contributed by atoms with Gasteiger partial charge in [-0.05, 0) is 18.2 Å². The summed E-state index contributed by atoms with van der Waals surface area (Å²) in [4.78, 5) is 16.3. The Hall–Kier alpha value is -1.40. The smallest absolute Gasteiger partial charge is 0.234 e. The molecule has 1 aromatic carbocycles. The van der Waals surface area contributed by atoms with Crippen molar-refractivity contribution in [1.29, 1.82) is 0 Å². The fraction of sp³-hybridized carbons (Fsp3) is 0.333. The molecular formula is C15H17FN2OS2. The Kier molecular flexibility index (Phi) is 5.00. The molecule has 0 aliphatic rings. The van der Waals surface area contributed by atoms with Crippen LogP contribution in [0.1, 0.15) is 26.5 Å². The molecule has 1 aromatic heterocycles. The van der Waals surface area contributed by atoms with E-state index in [1.54, 1.807) is 12.1 Å². The van der Waals surface area contributed by atoms with Crippen molar-refractivity contribution in [2.45, 2.75) is 30.5 Å². The Bertz CT molecular complexity index is 635. The van der Waals surface area contributed by atoms with E-state index in [2.05, 4.69) is 31.1 Å². The lowest BCUT2D eigenvalue weighted by Gasteiger charge is -2.14. The maximum Gasteiger partial charge on any atom is 0.234 e. The third-order valence-corrected chi connectivity index (χ3v) is 4.71. The molecule has 2 rings (SSSR count). The van der Waals surface area contributed by atoms with Gasteiger partial charge in [-0.3, -0.25) is 4.79 Å². The zero-order chi connectivity index (χ0) is 15.5. The van der Waals surface area contributed by atoms with E-state index in [4.69, 9.17) is 0 Å². The summed E-state index contributed by atoms with van der Waals surface area (Å²) in [6, 6.07) is 5.86. The molecule has 3 nitrogen and oxygen atoms in total. The van der Waals surface area contributed by atoms with Gasteiger partial charge in [-0.1, -0.05) is 38.6 Å². The molecule has 1 amide bonds. The summed E-state index contributed by atoms with van der Waals surface area (Å²) < 4.78 is 13.9. The molecule has 0 aliphatic heterocycles. The van der Waals surface area contributed by atoms with Crippen molar-refractivity contribution in [1.82, 2.24) is 4.98 Å². The monoisotopic (exact) mass is 324 g/mol. The standard InChI is InChI=1S/C15H17FN2OS2/c1-15(2,3)12-8-20-14(18-12)21-9-13(19)17-11-6-4-5-10(16)7-11/h4-8H,9H2,1-3H3,(H,17,19). The quantitative estimate of drug-likeness (QED) is 0.852.